The highest BCUT2D eigenvalue weighted by Crippen LogP contribution is 2.14. The summed E-state index contributed by atoms with van der Waals surface area (Å²) in [6.45, 7) is 7.76. The fourth-order valence-electron chi connectivity index (χ4n) is 1.94. The van der Waals surface area contributed by atoms with Crippen molar-refractivity contribution in [3.05, 3.63) is 0 Å². The molecule has 0 radical (unpaired) electrons. The van der Waals surface area contributed by atoms with Crippen LogP contribution in [-0.4, -0.2) is 37.2 Å². The van der Waals surface area contributed by atoms with Gasteiger partial charge in [-0.2, -0.15) is 5.26 Å². The number of ether oxygens (including phenoxy) is 1. The maximum absolute atomic E-state index is 8.77. The van der Waals surface area contributed by atoms with Crippen molar-refractivity contribution in [2.24, 2.45) is 5.92 Å². The van der Waals surface area contributed by atoms with E-state index < -0.39 is 0 Å². The minimum Gasteiger partial charge on any atom is -0.380 e. The highest BCUT2D eigenvalue weighted by atomic mass is 16.5. The Morgan fingerprint density at radius 3 is 2.93 bits per heavy atom. The van der Waals surface area contributed by atoms with Crippen LogP contribution in [0.15, 0.2) is 0 Å². The van der Waals surface area contributed by atoms with Crippen LogP contribution in [-0.2, 0) is 4.74 Å². The molecule has 1 saturated heterocycles. The Bertz CT molecular complexity index is 194. The van der Waals surface area contributed by atoms with E-state index in [0.717, 1.165) is 32.7 Å². The van der Waals surface area contributed by atoms with Crippen LogP contribution >= 0.6 is 0 Å². The molecule has 2 atom stereocenters. The molecule has 1 rings (SSSR count). The van der Waals surface area contributed by atoms with Gasteiger partial charge >= 0.3 is 0 Å². The van der Waals surface area contributed by atoms with Crippen LogP contribution < -0.4 is 0 Å². The number of hydrogen-bond donors (Lipinski definition) is 0. The maximum Gasteiger partial charge on any atom is 0.0666 e. The van der Waals surface area contributed by atoms with Gasteiger partial charge in [-0.3, -0.25) is 4.90 Å². The van der Waals surface area contributed by atoms with E-state index in [1.807, 2.05) is 6.92 Å². The molecule has 0 aromatic rings. The Kier molecular flexibility index (Phi) is 4.92. The predicted molar refractivity (Wildman–Crippen MR) is 55.9 cm³/mol. The second-order valence-corrected chi connectivity index (χ2v) is 3.99. The largest absolute Gasteiger partial charge is 0.380 e. The third-order valence-corrected chi connectivity index (χ3v) is 2.79. The van der Waals surface area contributed by atoms with Gasteiger partial charge in [0.05, 0.1) is 18.6 Å². The molecular weight excluding hydrogens is 176 g/mol. The van der Waals surface area contributed by atoms with Crippen molar-refractivity contribution in [3.8, 4) is 6.07 Å². The fraction of sp³-hybridized carbons (Fsp3) is 0.909. The van der Waals surface area contributed by atoms with Crippen molar-refractivity contribution < 1.29 is 4.74 Å². The molecule has 1 aliphatic heterocycles. The van der Waals surface area contributed by atoms with Crippen LogP contribution in [0.25, 0.3) is 0 Å². The summed E-state index contributed by atoms with van der Waals surface area (Å²) in [5.41, 5.74) is 0. The fourth-order valence-corrected chi connectivity index (χ4v) is 1.94. The average molecular weight is 196 g/mol. The Morgan fingerprint density at radius 1 is 1.64 bits per heavy atom. The number of hydrogen-bond acceptors (Lipinski definition) is 3. The first-order chi connectivity index (χ1) is 6.77. The minimum absolute atomic E-state index is 0.122. The van der Waals surface area contributed by atoms with Crippen LogP contribution in [0.2, 0.25) is 0 Å². The molecule has 3 nitrogen and oxygen atoms in total. The molecule has 80 valence electrons. The molecule has 14 heavy (non-hydrogen) atoms. The van der Waals surface area contributed by atoms with Crippen molar-refractivity contribution >= 4 is 0 Å². The minimum atomic E-state index is 0.122. The van der Waals surface area contributed by atoms with Gasteiger partial charge < -0.3 is 4.74 Å². The monoisotopic (exact) mass is 196 g/mol. The van der Waals surface area contributed by atoms with Gasteiger partial charge in [0.15, 0.2) is 0 Å². The van der Waals surface area contributed by atoms with Crippen molar-refractivity contribution in [1.29, 1.82) is 5.26 Å². The van der Waals surface area contributed by atoms with E-state index in [9.17, 15) is 0 Å². The SMILES string of the molecule is CCN(CC(C)C#N)C1CCCOC1. The molecule has 0 saturated carbocycles. The molecule has 1 aliphatic rings. The third kappa shape index (κ3) is 3.28. The van der Waals surface area contributed by atoms with Crippen molar-refractivity contribution in [2.45, 2.75) is 32.7 Å². The first kappa shape index (κ1) is 11.5. The zero-order valence-corrected chi connectivity index (χ0v) is 9.20. The van der Waals surface area contributed by atoms with Crippen LogP contribution in [0.4, 0.5) is 0 Å². The molecule has 0 spiro atoms. The summed E-state index contributed by atoms with van der Waals surface area (Å²) in [4.78, 5) is 2.37. The maximum atomic E-state index is 8.77. The van der Waals surface area contributed by atoms with Crippen LogP contribution in [0.3, 0.4) is 0 Å². The van der Waals surface area contributed by atoms with Gasteiger partial charge in [-0.25, -0.2) is 0 Å². The normalized spacial score (nSPS) is 24.6. The third-order valence-electron chi connectivity index (χ3n) is 2.79. The van der Waals surface area contributed by atoms with E-state index >= 15 is 0 Å². The molecular formula is C11H20N2O. The molecule has 0 aromatic carbocycles. The zero-order valence-electron chi connectivity index (χ0n) is 9.20. The number of rotatable bonds is 4. The lowest BCUT2D eigenvalue weighted by Gasteiger charge is -2.33. The summed E-state index contributed by atoms with van der Waals surface area (Å²) in [6, 6.07) is 2.82. The Morgan fingerprint density at radius 2 is 2.43 bits per heavy atom. The van der Waals surface area contributed by atoms with Gasteiger partial charge in [-0.1, -0.05) is 6.92 Å². The summed E-state index contributed by atoms with van der Waals surface area (Å²) in [7, 11) is 0. The Labute approximate surface area is 86.6 Å². The lowest BCUT2D eigenvalue weighted by molar-refractivity contribution is 0.0172. The lowest BCUT2D eigenvalue weighted by atomic mass is 10.1. The van der Waals surface area contributed by atoms with E-state index in [1.54, 1.807) is 0 Å². The summed E-state index contributed by atoms with van der Waals surface area (Å²) >= 11 is 0. The zero-order chi connectivity index (χ0) is 10.4. The molecule has 2 unspecified atom stereocenters. The molecule has 0 bridgehead atoms. The van der Waals surface area contributed by atoms with E-state index in [4.69, 9.17) is 10.00 Å². The van der Waals surface area contributed by atoms with E-state index in [0.29, 0.717) is 6.04 Å². The van der Waals surface area contributed by atoms with E-state index in [1.165, 1.54) is 6.42 Å². The van der Waals surface area contributed by atoms with Crippen LogP contribution in [0, 0.1) is 17.2 Å². The average Bonchev–Trinajstić information content (AvgIpc) is 2.26. The van der Waals surface area contributed by atoms with Gasteiger partial charge in [-0.05, 0) is 26.3 Å². The van der Waals surface area contributed by atoms with Crippen LogP contribution in [0.5, 0.6) is 0 Å². The van der Waals surface area contributed by atoms with Gasteiger partial charge in [-0.15, -0.1) is 0 Å². The summed E-state index contributed by atoms with van der Waals surface area (Å²) in [5, 5.41) is 8.77. The van der Waals surface area contributed by atoms with Crippen LogP contribution in [0.1, 0.15) is 26.7 Å². The molecule has 3 heteroatoms. The van der Waals surface area contributed by atoms with Crippen molar-refractivity contribution in [2.75, 3.05) is 26.3 Å². The van der Waals surface area contributed by atoms with Crippen molar-refractivity contribution in [3.63, 3.8) is 0 Å². The second kappa shape index (κ2) is 6.00. The molecule has 1 heterocycles. The van der Waals surface area contributed by atoms with Gasteiger partial charge in [0.1, 0.15) is 0 Å². The Balaban J connectivity index is 2.40. The quantitative estimate of drug-likeness (QED) is 0.686. The summed E-state index contributed by atoms with van der Waals surface area (Å²) in [6.07, 6.45) is 2.37. The number of likely N-dealkylation sites (N-methyl/N-ethyl adjacent to an activating group) is 1. The number of nitrogens with zero attached hydrogens (tertiary/aromatic N) is 2. The highest BCUT2D eigenvalue weighted by molar-refractivity contribution is 4.84. The lowest BCUT2D eigenvalue weighted by Crippen LogP contribution is -2.42. The van der Waals surface area contributed by atoms with Crippen molar-refractivity contribution in [1.82, 2.24) is 4.90 Å². The standard InChI is InChI=1S/C11H20N2O/c1-3-13(8-10(2)7-12)11-5-4-6-14-9-11/h10-11H,3-6,8-9H2,1-2H3. The molecule has 0 amide bonds. The molecule has 0 N–H and O–H groups in total. The Hall–Kier alpha value is -0.590. The molecule has 0 aromatic heterocycles. The number of nitriles is 1. The first-order valence-electron chi connectivity index (χ1n) is 5.49. The molecule has 1 fully saturated rings. The van der Waals surface area contributed by atoms with E-state index in [2.05, 4.69) is 17.9 Å². The smallest absolute Gasteiger partial charge is 0.0666 e. The van der Waals surface area contributed by atoms with Gasteiger partial charge in [0, 0.05) is 19.2 Å². The summed E-state index contributed by atoms with van der Waals surface area (Å²) in [5.74, 6) is 0.122. The highest BCUT2D eigenvalue weighted by Gasteiger charge is 2.21. The van der Waals surface area contributed by atoms with Gasteiger partial charge in [0.25, 0.3) is 0 Å². The predicted octanol–water partition coefficient (Wildman–Crippen LogP) is 1.65. The molecule has 0 aliphatic carbocycles. The second-order valence-electron chi connectivity index (χ2n) is 3.99. The first-order valence-corrected chi connectivity index (χ1v) is 5.49. The van der Waals surface area contributed by atoms with E-state index in [-0.39, 0.29) is 5.92 Å². The van der Waals surface area contributed by atoms with Gasteiger partial charge in [0.2, 0.25) is 0 Å². The topological polar surface area (TPSA) is 36.3 Å². The summed E-state index contributed by atoms with van der Waals surface area (Å²) < 4.78 is 5.46.